The molecule has 6 nitrogen and oxygen atoms in total. The van der Waals surface area contributed by atoms with Crippen LogP contribution in [0.25, 0.3) is 0 Å². The molecular formula is C16H15Cl2N3O3. The molecule has 24 heavy (non-hydrogen) atoms. The molecule has 8 heteroatoms. The number of amides is 3. The van der Waals surface area contributed by atoms with Gasteiger partial charge in [-0.3, -0.25) is 9.69 Å². The number of aryl methyl sites for hydroxylation is 2. The second kappa shape index (κ2) is 5.79. The number of urea groups is 1. The third kappa shape index (κ3) is 2.56. The van der Waals surface area contributed by atoms with E-state index in [9.17, 15) is 9.59 Å². The standard InChI is InChI=1S/C16H15Cl2N3O3/c1-8-11(9(2)24-20-8)7-21-14(22)16(3,19-15(21)23)12-5-4-10(17)6-13(12)18/h4-6H,7H2,1-3H3,(H,19,23)/t16-/m0/s1. The average molecular weight is 368 g/mol. The summed E-state index contributed by atoms with van der Waals surface area (Å²) in [4.78, 5) is 26.4. The lowest BCUT2D eigenvalue weighted by Gasteiger charge is -2.23. The van der Waals surface area contributed by atoms with Gasteiger partial charge in [-0.15, -0.1) is 0 Å². The van der Waals surface area contributed by atoms with E-state index in [4.69, 9.17) is 27.7 Å². The molecular weight excluding hydrogens is 353 g/mol. The van der Waals surface area contributed by atoms with E-state index in [1.54, 1.807) is 39.0 Å². The van der Waals surface area contributed by atoms with Gasteiger partial charge in [-0.2, -0.15) is 0 Å². The summed E-state index contributed by atoms with van der Waals surface area (Å²) in [6.07, 6.45) is 0. The van der Waals surface area contributed by atoms with Crippen LogP contribution in [-0.2, 0) is 16.9 Å². The Morgan fingerprint density at radius 1 is 1.29 bits per heavy atom. The van der Waals surface area contributed by atoms with Gasteiger partial charge < -0.3 is 9.84 Å². The fraction of sp³-hybridized carbons (Fsp3) is 0.312. The molecule has 1 atom stereocenters. The monoisotopic (exact) mass is 367 g/mol. The van der Waals surface area contributed by atoms with Gasteiger partial charge >= 0.3 is 6.03 Å². The fourth-order valence-corrected chi connectivity index (χ4v) is 3.40. The lowest BCUT2D eigenvalue weighted by molar-refractivity contribution is -0.131. The van der Waals surface area contributed by atoms with Crippen molar-refractivity contribution in [2.24, 2.45) is 0 Å². The second-order valence-electron chi connectivity index (χ2n) is 5.87. The van der Waals surface area contributed by atoms with Crippen LogP contribution in [0.2, 0.25) is 10.0 Å². The Kier molecular flexibility index (Phi) is 4.05. The molecule has 1 aliphatic heterocycles. The minimum absolute atomic E-state index is 0.0899. The number of nitrogens with one attached hydrogen (secondary N) is 1. The first-order chi connectivity index (χ1) is 11.2. The molecule has 1 saturated heterocycles. The second-order valence-corrected chi connectivity index (χ2v) is 6.72. The van der Waals surface area contributed by atoms with Crippen LogP contribution in [0.4, 0.5) is 4.79 Å². The fourth-order valence-electron chi connectivity index (χ4n) is 2.80. The molecule has 1 N–H and O–H groups in total. The average Bonchev–Trinajstić information content (AvgIpc) is 2.92. The van der Waals surface area contributed by atoms with Gasteiger partial charge in [0.15, 0.2) is 0 Å². The topological polar surface area (TPSA) is 75.4 Å². The van der Waals surface area contributed by atoms with Crippen molar-refractivity contribution in [1.29, 1.82) is 0 Å². The number of rotatable bonds is 3. The summed E-state index contributed by atoms with van der Waals surface area (Å²) in [5.41, 5.74) is 0.599. The van der Waals surface area contributed by atoms with Crippen molar-refractivity contribution in [2.45, 2.75) is 32.9 Å². The van der Waals surface area contributed by atoms with E-state index in [0.29, 0.717) is 32.6 Å². The molecule has 1 aromatic carbocycles. The number of benzene rings is 1. The van der Waals surface area contributed by atoms with E-state index < -0.39 is 17.5 Å². The molecule has 0 saturated carbocycles. The van der Waals surface area contributed by atoms with Crippen molar-refractivity contribution in [3.63, 3.8) is 0 Å². The summed E-state index contributed by atoms with van der Waals surface area (Å²) < 4.78 is 5.09. The number of nitrogens with zero attached hydrogens (tertiary/aromatic N) is 2. The first-order valence-electron chi connectivity index (χ1n) is 7.25. The number of carbonyl (C=O) groups is 2. The Morgan fingerprint density at radius 3 is 2.58 bits per heavy atom. The van der Waals surface area contributed by atoms with Gasteiger partial charge in [-0.05, 0) is 32.9 Å². The number of aromatic nitrogens is 1. The lowest BCUT2D eigenvalue weighted by atomic mass is 9.92. The van der Waals surface area contributed by atoms with Crippen molar-refractivity contribution in [1.82, 2.24) is 15.4 Å². The van der Waals surface area contributed by atoms with E-state index >= 15 is 0 Å². The Bertz CT molecular complexity index is 830. The van der Waals surface area contributed by atoms with Gasteiger partial charge in [0.2, 0.25) is 0 Å². The minimum atomic E-state index is -1.25. The highest BCUT2D eigenvalue weighted by Gasteiger charge is 2.50. The largest absolute Gasteiger partial charge is 0.361 e. The molecule has 3 amide bonds. The molecule has 2 heterocycles. The number of halogens is 2. The first-order valence-corrected chi connectivity index (χ1v) is 8.01. The molecule has 1 aliphatic rings. The van der Waals surface area contributed by atoms with Crippen molar-refractivity contribution < 1.29 is 14.1 Å². The summed E-state index contributed by atoms with van der Waals surface area (Å²) in [6, 6.07) is 4.32. The van der Waals surface area contributed by atoms with Crippen LogP contribution in [-0.4, -0.2) is 22.0 Å². The van der Waals surface area contributed by atoms with Gasteiger partial charge in [-0.25, -0.2) is 4.79 Å². The lowest BCUT2D eigenvalue weighted by Crippen LogP contribution is -2.41. The molecule has 0 spiro atoms. The normalized spacial score (nSPS) is 20.6. The highest BCUT2D eigenvalue weighted by Crippen LogP contribution is 2.35. The molecule has 126 valence electrons. The van der Waals surface area contributed by atoms with Gasteiger partial charge in [0.25, 0.3) is 5.91 Å². The van der Waals surface area contributed by atoms with Gasteiger partial charge in [0.1, 0.15) is 11.3 Å². The zero-order valence-electron chi connectivity index (χ0n) is 13.3. The zero-order chi connectivity index (χ0) is 17.6. The predicted molar refractivity (Wildman–Crippen MR) is 88.9 cm³/mol. The smallest absolute Gasteiger partial charge is 0.325 e. The van der Waals surface area contributed by atoms with E-state index in [2.05, 4.69) is 10.5 Å². The molecule has 1 aromatic heterocycles. The predicted octanol–water partition coefficient (Wildman–Crippen LogP) is 3.57. The maximum absolute atomic E-state index is 12.9. The first kappa shape index (κ1) is 16.8. The van der Waals surface area contributed by atoms with E-state index in [1.165, 1.54) is 0 Å². The van der Waals surface area contributed by atoms with Crippen molar-refractivity contribution in [3.8, 4) is 0 Å². The molecule has 0 unspecified atom stereocenters. The molecule has 0 radical (unpaired) electrons. The molecule has 2 aromatic rings. The third-order valence-electron chi connectivity index (χ3n) is 4.24. The minimum Gasteiger partial charge on any atom is -0.361 e. The number of carbonyl (C=O) groups excluding carboxylic acids is 2. The van der Waals surface area contributed by atoms with Crippen molar-refractivity contribution in [3.05, 3.63) is 50.8 Å². The van der Waals surface area contributed by atoms with Crippen LogP contribution in [0.15, 0.2) is 22.7 Å². The summed E-state index contributed by atoms with van der Waals surface area (Å²) in [7, 11) is 0. The Balaban J connectivity index is 1.96. The van der Waals surface area contributed by atoms with Gasteiger partial charge in [-0.1, -0.05) is 34.4 Å². The zero-order valence-corrected chi connectivity index (χ0v) is 14.8. The molecule has 3 rings (SSSR count). The van der Waals surface area contributed by atoms with E-state index in [1.807, 2.05) is 0 Å². The van der Waals surface area contributed by atoms with Crippen LogP contribution < -0.4 is 5.32 Å². The Labute approximate surface area is 148 Å². The van der Waals surface area contributed by atoms with Crippen LogP contribution in [0, 0.1) is 13.8 Å². The Hall–Kier alpha value is -2.05. The third-order valence-corrected chi connectivity index (χ3v) is 4.79. The molecule has 0 bridgehead atoms. The number of hydrogen-bond acceptors (Lipinski definition) is 4. The molecule has 0 aliphatic carbocycles. The van der Waals surface area contributed by atoms with Crippen LogP contribution in [0.1, 0.15) is 29.5 Å². The van der Waals surface area contributed by atoms with E-state index in [0.717, 1.165) is 4.90 Å². The number of hydrogen-bond donors (Lipinski definition) is 1. The van der Waals surface area contributed by atoms with Crippen LogP contribution in [0.3, 0.4) is 0 Å². The van der Waals surface area contributed by atoms with E-state index in [-0.39, 0.29) is 6.54 Å². The van der Waals surface area contributed by atoms with Gasteiger partial charge in [0.05, 0.1) is 12.2 Å². The SMILES string of the molecule is Cc1noc(C)c1CN1C(=O)N[C@@](C)(c2ccc(Cl)cc2Cl)C1=O. The number of imide groups is 1. The maximum Gasteiger partial charge on any atom is 0.325 e. The van der Waals surface area contributed by atoms with Crippen molar-refractivity contribution >= 4 is 35.1 Å². The summed E-state index contributed by atoms with van der Waals surface area (Å²) in [6.45, 7) is 5.21. The summed E-state index contributed by atoms with van der Waals surface area (Å²) >= 11 is 12.1. The molecule has 1 fully saturated rings. The highest BCUT2D eigenvalue weighted by atomic mass is 35.5. The summed E-state index contributed by atoms with van der Waals surface area (Å²) in [5, 5.41) is 7.34. The Morgan fingerprint density at radius 2 is 2.00 bits per heavy atom. The van der Waals surface area contributed by atoms with Gasteiger partial charge in [0, 0.05) is 21.2 Å². The van der Waals surface area contributed by atoms with Crippen LogP contribution >= 0.6 is 23.2 Å². The van der Waals surface area contributed by atoms with Crippen LogP contribution in [0.5, 0.6) is 0 Å². The summed E-state index contributed by atoms with van der Waals surface area (Å²) in [5.74, 6) is 0.183. The maximum atomic E-state index is 12.9. The quantitative estimate of drug-likeness (QED) is 0.841. The highest BCUT2D eigenvalue weighted by molar-refractivity contribution is 6.35. The van der Waals surface area contributed by atoms with Crippen molar-refractivity contribution in [2.75, 3.05) is 0 Å².